The van der Waals surface area contributed by atoms with Crippen molar-refractivity contribution in [1.29, 1.82) is 0 Å². The number of benzene rings is 3. The topological polar surface area (TPSA) is 102 Å². The number of nitrogens with zero attached hydrogens (tertiary/aromatic N) is 2. The Morgan fingerprint density at radius 1 is 0.882 bits per heavy atom. The fourth-order valence-corrected chi connectivity index (χ4v) is 3.68. The summed E-state index contributed by atoms with van der Waals surface area (Å²) in [5.41, 5.74) is 10.1. The van der Waals surface area contributed by atoms with E-state index in [0.717, 1.165) is 29.7 Å². The molecule has 7 heteroatoms. The fourth-order valence-electron chi connectivity index (χ4n) is 3.68. The third-order valence-corrected chi connectivity index (χ3v) is 5.51. The van der Waals surface area contributed by atoms with Crippen molar-refractivity contribution in [2.45, 2.75) is 12.8 Å². The second-order valence-electron chi connectivity index (χ2n) is 7.94. The van der Waals surface area contributed by atoms with Gasteiger partial charge in [0.25, 0.3) is 11.8 Å². The molecule has 0 saturated heterocycles. The van der Waals surface area contributed by atoms with E-state index in [1.807, 2.05) is 72.8 Å². The van der Waals surface area contributed by atoms with Crippen molar-refractivity contribution < 1.29 is 9.59 Å². The largest absolute Gasteiger partial charge is 0.330 e. The van der Waals surface area contributed by atoms with Crippen LogP contribution in [-0.4, -0.2) is 28.1 Å². The van der Waals surface area contributed by atoms with Crippen LogP contribution in [0.3, 0.4) is 0 Å². The van der Waals surface area contributed by atoms with E-state index in [9.17, 15) is 9.59 Å². The number of nitrogens with two attached hydrogens (primary N) is 1. The van der Waals surface area contributed by atoms with E-state index >= 15 is 0 Å². The molecule has 172 valence electrons. The molecule has 4 aromatic rings. The van der Waals surface area contributed by atoms with Gasteiger partial charge >= 0.3 is 0 Å². The summed E-state index contributed by atoms with van der Waals surface area (Å²) in [5, 5.41) is 10.4. The van der Waals surface area contributed by atoms with Gasteiger partial charge in [0.15, 0.2) is 0 Å². The number of hydrogen-bond acceptors (Lipinski definition) is 4. The summed E-state index contributed by atoms with van der Waals surface area (Å²) < 4.78 is 1.63. The first-order valence-corrected chi connectivity index (χ1v) is 11.2. The molecule has 0 aliphatic heterocycles. The van der Waals surface area contributed by atoms with Crippen LogP contribution in [0.5, 0.6) is 0 Å². The first-order chi connectivity index (χ1) is 16.5. The average Bonchev–Trinajstić information content (AvgIpc) is 3.23. The molecule has 0 spiro atoms. The fraction of sp³-hybridized carbons (Fsp3) is 0.148. The maximum atomic E-state index is 12.8. The predicted octanol–water partition coefficient (Wildman–Crippen LogP) is 4.48. The highest BCUT2D eigenvalue weighted by Gasteiger charge is 2.13. The number of amides is 2. The van der Waals surface area contributed by atoms with Gasteiger partial charge in [-0.15, -0.1) is 0 Å². The molecule has 2 amide bonds. The number of aryl methyl sites for hydroxylation is 2. The van der Waals surface area contributed by atoms with Crippen molar-refractivity contribution in [1.82, 2.24) is 9.78 Å². The molecular formula is C27H27N5O2. The molecular weight excluding hydrogens is 426 g/mol. The van der Waals surface area contributed by atoms with Crippen molar-refractivity contribution in [3.05, 3.63) is 102 Å². The van der Waals surface area contributed by atoms with Gasteiger partial charge in [-0.1, -0.05) is 48.5 Å². The van der Waals surface area contributed by atoms with Gasteiger partial charge < -0.3 is 16.4 Å². The van der Waals surface area contributed by atoms with E-state index in [-0.39, 0.29) is 11.8 Å². The number of rotatable bonds is 8. The van der Waals surface area contributed by atoms with Crippen LogP contribution < -0.4 is 16.4 Å². The van der Waals surface area contributed by atoms with Crippen molar-refractivity contribution in [3.8, 4) is 11.3 Å². The molecule has 0 bridgehead atoms. The summed E-state index contributed by atoms with van der Waals surface area (Å²) in [5.74, 6) is 0.249. The van der Waals surface area contributed by atoms with Crippen LogP contribution >= 0.6 is 0 Å². The molecule has 0 saturated carbocycles. The molecule has 0 unspecified atom stereocenters. The third-order valence-electron chi connectivity index (χ3n) is 5.51. The van der Waals surface area contributed by atoms with Crippen molar-refractivity contribution in [2.24, 2.45) is 12.8 Å². The van der Waals surface area contributed by atoms with Gasteiger partial charge in [-0.25, -0.2) is 0 Å². The van der Waals surface area contributed by atoms with E-state index in [1.54, 1.807) is 23.9 Å². The Bertz CT molecular complexity index is 1280. The predicted molar refractivity (Wildman–Crippen MR) is 135 cm³/mol. The van der Waals surface area contributed by atoms with Crippen LogP contribution in [0.2, 0.25) is 0 Å². The molecule has 3 aromatic carbocycles. The Kier molecular flexibility index (Phi) is 7.15. The normalized spacial score (nSPS) is 10.6. The summed E-state index contributed by atoms with van der Waals surface area (Å²) in [6, 6.07) is 25.9. The summed E-state index contributed by atoms with van der Waals surface area (Å²) in [4.78, 5) is 25.3. The maximum Gasteiger partial charge on any atom is 0.256 e. The molecule has 1 heterocycles. The van der Waals surface area contributed by atoms with Gasteiger partial charge in [-0.3, -0.25) is 14.3 Å². The van der Waals surface area contributed by atoms with E-state index < -0.39 is 0 Å². The molecule has 0 fully saturated rings. The van der Waals surface area contributed by atoms with E-state index in [4.69, 9.17) is 5.73 Å². The zero-order valence-electron chi connectivity index (χ0n) is 19.0. The SMILES string of the molecule is Cn1nc(-c2ccc(NC(=O)c3ccccc3CCCN)cc2)cc1NC(=O)c1ccccc1. The Morgan fingerprint density at radius 2 is 1.59 bits per heavy atom. The number of anilines is 2. The molecule has 4 rings (SSSR count). The summed E-state index contributed by atoms with van der Waals surface area (Å²) in [7, 11) is 1.78. The Morgan fingerprint density at radius 3 is 2.32 bits per heavy atom. The second kappa shape index (κ2) is 10.6. The highest BCUT2D eigenvalue weighted by molar-refractivity contribution is 6.05. The highest BCUT2D eigenvalue weighted by atomic mass is 16.2. The molecule has 0 atom stereocenters. The van der Waals surface area contributed by atoms with E-state index in [2.05, 4.69) is 15.7 Å². The maximum absolute atomic E-state index is 12.8. The summed E-state index contributed by atoms with van der Waals surface area (Å²) in [6.45, 7) is 0.586. The third kappa shape index (κ3) is 5.39. The lowest BCUT2D eigenvalue weighted by atomic mass is 10.0. The highest BCUT2D eigenvalue weighted by Crippen LogP contribution is 2.24. The van der Waals surface area contributed by atoms with Crippen LogP contribution in [0.15, 0.2) is 84.9 Å². The lowest BCUT2D eigenvalue weighted by Gasteiger charge is -2.10. The van der Waals surface area contributed by atoms with Gasteiger partial charge in [-0.2, -0.15) is 5.10 Å². The minimum Gasteiger partial charge on any atom is -0.330 e. The monoisotopic (exact) mass is 453 g/mol. The van der Waals surface area contributed by atoms with Crippen LogP contribution in [0.1, 0.15) is 32.7 Å². The second-order valence-corrected chi connectivity index (χ2v) is 7.94. The Balaban J connectivity index is 1.45. The Labute approximate surface area is 198 Å². The molecule has 7 nitrogen and oxygen atoms in total. The van der Waals surface area contributed by atoms with Crippen molar-refractivity contribution in [3.63, 3.8) is 0 Å². The van der Waals surface area contributed by atoms with Gasteiger partial charge in [-0.05, 0) is 55.3 Å². The molecule has 0 aliphatic carbocycles. The smallest absolute Gasteiger partial charge is 0.256 e. The zero-order valence-corrected chi connectivity index (χ0v) is 19.0. The number of aromatic nitrogens is 2. The van der Waals surface area contributed by atoms with Crippen LogP contribution in [0.25, 0.3) is 11.3 Å². The Hall–Kier alpha value is -4.23. The standard InChI is InChI=1S/C27H27N5O2/c1-32-25(30-26(33)21-9-3-2-4-10-21)18-24(31-32)20-13-15-22(16-14-20)29-27(34)23-12-6-5-8-19(23)11-7-17-28/h2-6,8-10,12-16,18H,7,11,17,28H2,1H3,(H,29,34)(H,30,33). The van der Waals surface area contributed by atoms with Gasteiger partial charge in [0.1, 0.15) is 5.82 Å². The lowest BCUT2D eigenvalue weighted by Crippen LogP contribution is -2.14. The number of carbonyl (C=O) groups excluding carboxylic acids is 2. The minimum atomic E-state index is -0.194. The first kappa shape index (κ1) is 22.9. The average molecular weight is 454 g/mol. The van der Waals surface area contributed by atoms with Crippen molar-refractivity contribution >= 4 is 23.3 Å². The summed E-state index contributed by atoms with van der Waals surface area (Å²) in [6.07, 6.45) is 1.60. The molecule has 34 heavy (non-hydrogen) atoms. The van der Waals surface area contributed by atoms with E-state index in [1.165, 1.54) is 0 Å². The minimum absolute atomic E-state index is 0.149. The lowest BCUT2D eigenvalue weighted by molar-refractivity contribution is 0.101. The molecule has 4 N–H and O–H groups in total. The van der Waals surface area contributed by atoms with Gasteiger partial charge in [0.2, 0.25) is 0 Å². The molecule has 0 aliphatic rings. The molecule has 1 aromatic heterocycles. The van der Waals surface area contributed by atoms with Crippen molar-refractivity contribution in [2.75, 3.05) is 17.2 Å². The van der Waals surface area contributed by atoms with Gasteiger partial charge in [0, 0.05) is 35.5 Å². The number of carbonyl (C=O) groups is 2. The van der Waals surface area contributed by atoms with E-state index in [0.29, 0.717) is 29.2 Å². The summed E-state index contributed by atoms with van der Waals surface area (Å²) >= 11 is 0. The van der Waals surface area contributed by atoms with Crippen LogP contribution in [-0.2, 0) is 13.5 Å². The van der Waals surface area contributed by atoms with Crippen LogP contribution in [0.4, 0.5) is 11.5 Å². The van der Waals surface area contributed by atoms with Gasteiger partial charge in [0.05, 0.1) is 5.69 Å². The van der Waals surface area contributed by atoms with Crippen LogP contribution in [0, 0.1) is 0 Å². The number of nitrogens with one attached hydrogen (secondary N) is 2. The zero-order chi connectivity index (χ0) is 23.9. The first-order valence-electron chi connectivity index (χ1n) is 11.2. The quantitative estimate of drug-likeness (QED) is 0.366. The molecule has 0 radical (unpaired) electrons. The number of hydrogen-bond donors (Lipinski definition) is 3.